The Balaban J connectivity index is 1.52. The second-order valence-corrected chi connectivity index (χ2v) is 6.70. The number of amides is 2. The number of hydrogen-bond acceptors (Lipinski definition) is 3. The molecule has 0 spiro atoms. The molecule has 0 saturated carbocycles. The summed E-state index contributed by atoms with van der Waals surface area (Å²) in [6.07, 6.45) is 8.58. The van der Waals surface area contributed by atoms with Crippen LogP contribution in [0.5, 0.6) is 0 Å². The minimum Gasteiger partial charge on any atom is -0.341 e. The van der Waals surface area contributed by atoms with Crippen LogP contribution in [0.3, 0.4) is 0 Å². The number of likely N-dealkylation sites (tertiary alicyclic amines) is 2. The number of hydrogen-bond donors (Lipinski definition) is 0. The number of nitrogens with zero attached hydrogens (tertiary/aromatic N) is 3. The van der Waals surface area contributed by atoms with E-state index in [4.69, 9.17) is 0 Å². The maximum Gasteiger partial charge on any atom is 0.245 e. The summed E-state index contributed by atoms with van der Waals surface area (Å²) in [6, 6.07) is 3.92. The van der Waals surface area contributed by atoms with Gasteiger partial charge in [0.1, 0.15) is 6.04 Å². The van der Waals surface area contributed by atoms with Gasteiger partial charge in [0.05, 0.1) is 0 Å². The highest BCUT2D eigenvalue weighted by Gasteiger charge is 2.36. The van der Waals surface area contributed by atoms with Crippen molar-refractivity contribution in [1.82, 2.24) is 14.8 Å². The fourth-order valence-corrected chi connectivity index (χ4v) is 3.82. The molecule has 1 aromatic heterocycles. The molecule has 1 atom stereocenters. The summed E-state index contributed by atoms with van der Waals surface area (Å²) in [6.45, 7) is 3.92. The lowest BCUT2D eigenvalue weighted by molar-refractivity contribution is -0.143. The predicted octanol–water partition coefficient (Wildman–Crippen LogP) is 1.87. The standard InChI is InChI=1S/C18H25N3O2/c1-14(22)21-10-2-3-17(21)18(23)20-11-6-16(7-12-20)13-15-4-8-19-9-5-15/h4-5,8-9,16-17H,2-3,6-7,10-13H2,1H3/t17-/m1/s1. The maximum atomic E-state index is 12.7. The van der Waals surface area contributed by atoms with E-state index in [1.54, 1.807) is 11.8 Å². The average molecular weight is 315 g/mol. The van der Waals surface area contributed by atoms with Crippen molar-refractivity contribution in [3.63, 3.8) is 0 Å². The average Bonchev–Trinajstić information content (AvgIpc) is 3.06. The van der Waals surface area contributed by atoms with E-state index >= 15 is 0 Å². The first-order chi connectivity index (χ1) is 11.1. The molecule has 23 heavy (non-hydrogen) atoms. The zero-order valence-electron chi connectivity index (χ0n) is 13.8. The highest BCUT2D eigenvalue weighted by molar-refractivity contribution is 5.87. The van der Waals surface area contributed by atoms with Crippen LogP contribution in [0.1, 0.15) is 38.2 Å². The van der Waals surface area contributed by atoms with Crippen LogP contribution < -0.4 is 0 Å². The number of carbonyl (C=O) groups is 2. The van der Waals surface area contributed by atoms with E-state index in [1.165, 1.54) is 5.56 Å². The van der Waals surface area contributed by atoms with E-state index in [9.17, 15) is 9.59 Å². The molecule has 0 N–H and O–H groups in total. The molecule has 2 amide bonds. The summed E-state index contributed by atoms with van der Waals surface area (Å²) in [5.74, 6) is 0.808. The molecule has 0 aromatic carbocycles. The highest BCUT2D eigenvalue weighted by Crippen LogP contribution is 2.25. The first-order valence-corrected chi connectivity index (χ1v) is 8.60. The third-order valence-electron chi connectivity index (χ3n) is 5.14. The van der Waals surface area contributed by atoms with Crippen molar-refractivity contribution < 1.29 is 9.59 Å². The van der Waals surface area contributed by atoms with E-state index in [0.29, 0.717) is 5.92 Å². The van der Waals surface area contributed by atoms with Crippen molar-refractivity contribution in [3.8, 4) is 0 Å². The molecule has 0 radical (unpaired) electrons. The van der Waals surface area contributed by atoms with Gasteiger partial charge in [-0.25, -0.2) is 0 Å². The Morgan fingerprint density at radius 3 is 2.48 bits per heavy atom. The van der Waals surface area contributed by atoms with Crippen molar-refractivity contribution in [2.75, 3.05) is 19.6 Å². The van der Waals surface area contributed by atoms with Gasteiger partial charge in [-0.1, -0.05) is 0 Å². The van der Waals surface area contributed by atoms with Crippen LogP contribution in [-0.2, 0) is 16.0 Å². The molecule has 2 fully saturated rings. The van der Waals surface area contributed by atoms with Gasteiger partial charge in [-0.15, -0.1) is 0 Å². The zero-order valence-corrected chi connectivity index (χ0v) is 13.8. The Labute approximate surface area is 137 Å². The molecule has 0 aliphatic carbocycles. The van der Waals surface area contributed by atoms with Crippen LogP contribution in [0.15, 0.2) is 24.5 Å². The topological polar surface area (TPSA) is 53.5 Å². The fourth-order valence-electron chi connectivity index (χ4n) is 3.82. The van der Waals surface area contributed by atoms with Gasteiger partial charge >= 0.3 is 0 Å². The third kappa shape index (κ3) is 3.71. The van der Waals surface area contributed by atoms with Gasteiger partial charge in [0.15, 0.2) is 0 Å². The van der Waals surface area contributed by atoms with Crippen molar-refractivity contribution in [2.24, 2.45) is 5.92 Å². The Morgan fingerprint density at radius 1 is 1.13 bits per heavy atom. The van der Waals surface area contributed by atoms with Crippen LogP contribution in [0, 0.1) is 5.92 Å². The van der Waals surface area contributed by atoms with Gasteiger partial charge in [-0.05, 0) is 55.7 Å². The van der Waals surface area contributed by atoms with Crippen molar-refractivity contribution in [3.05, 3.63) is 30.1 Å². The molecule has 1 aromatic rings. The number of aromatic nitrogens is 1. The smallest absolute Gasteiger partial charge is 0.245 e. The normalized spacial score (nSPS) is 22.4. The van der Waals surface area contributed by atoms with Gasteiger partial charge in [0.25, 0.3) is 0 Å². The van der Waals surface area contributed by atoms with E-state index in [0.717, 1.165) is 51.7 Å². The van der Waals surface area contributed by atoms with Crippen LogP contribution in [-0.4, -0.2) is 52.3 Å². The molecule has 3 rings (SSSR count). The van der Waals surface area contributed by atoms with Gasteiger partial charge < -0.3 is 9.80 Å². The maximum absolute atomic E-state index is 12.7. The molecule has 2 saturated heterocycles. The van der Waals surface area contributed by atoms with E-state index in [-0.39, 0.29) is 17.9 Å². The molecule has 2 aliphatic heterocycles. The minimum atomic E-state index is -0.218. The van der Waals surface area contributed by atoms with Gasteiger partial charge in [0.2, 0.25) is 11.8 Å². The summed E-state index contributed by atoms with van der Waals surface area (Å²) in [4.78, 5) is 32.1. The van der Waals surface area contributed by atoms with Gasteiger partial charge in [-0.2, -0.15) is 0 Å². The first-order valence-electron chi connectivity index (χ1n) is 8.60. The Bertz CT molecular complexity index is 553. The quantitative estimate of drug-likeness (QED) is 0.856. The van der Waals surface area contributed by atoms with Gasteiger partial charge in [-0.3, -0.25) is 14.6 Å². The highest BCUT2D eigenvalue weighted by atomic mass is 16.2. The largest absolute Gasteiger partial charge is 0.341 e. The monoisotopic (exact) mass is 315 g/mol. The molecule has 5 heteroatoms. The molecular formula is C18H25N3O2. The van der Waals surface area contributed by atoms with Crippen LogP contribution in [0.4, 0.5) is 0 Å². The zero-order chi connectivity index (χ0) is 16.2. The van der Waals surface area contributed by atoms with Crippen molar-refractivity contribution >= 4 is 11.8 Å². The van der Waals surface area contributed by atoms with Gasteiger partial charge in [0, 0.05) is 39.0 Å². The number of pyridine rings is 1. The van der Waals surface area contributed by atoms with Crippen LogP contribution in [0.2, 0.25) is 0 Å². The molecule has 124 valence electrons. The Morgan fingerprint density at radius 2 is 1.83 bits per heavy atom. The fraction of sp³-hybridized carbons (Fsp3) is 0.611. The molecule has 0 unspecified atom stereocenters. The Hall–Kier alpha value is -1.91. The first kappa shape index (κ1) is 16.0. The van der Waals surface area contributed by atoms with Crippen LogP contribution in [0.25, 0.3) is 0 Å². The summed E-state index contributed by atoms with van der Waals surface area (Å²) in [7, 11) is 0. The summed E-state index contributed by atoms with van der Waals surface area (Å²) < 4.78 is 0. The van der Waals surface area contributed by atoms with E-state index in [1.807, 2.05) is 17.3 Å². The number of carbonyl (C=O) groups excluding carboxylic acids is 2. The number of rotatable bonds is 3. The minimum absolute atomic E-state index is 0.0217. The van der Waals surface area contributed by atoms with E-state index in [2.05, 4.69) is 17.1 Å². The second-order valence-electron chi connectivity index (χ2n) is 6.70. The lowest BCUT2D eigenvalue weighted by Crippen LogP contribution is -2.49. The molecular weight excluding hydrogens is 290 g/mol. The second kappa shape index (κ2) is 7.11. The lowest BCUT2D eigenvalue weighted by atomic mass is 9.90. The summed E-state index contributed by atoms with van der Waals surface area (Å²) >= 11 is 0. The van der Waals surface area contributed by atoms with Crippen molar-refractivity contribution in [1.29, 1.82) is 0 Å². The summed E-state index contributed by atoms with van der Waals surface area (Å²) in [5, 5.41) is 0. The SMILES string of the molecule is CC(=O)N1CCC[C@@H]1C(=O)N1CCC(Cc2ccncc2)CC1. The lowest BCUT2D eigenvalue weighted by Gasteiger charge is -2.35. The molecule has 5 nitrogen and oxygen atoms in total. The number of piperidine rings is 1. The Kier molecular flexibility index (Phi) is 4.94. The molecule has 0 bridgehead atoms. The third-order valence-corrected chi connectivity index (χ3v) is 5.14. The van der Waals surface area contributed by atoms with E-state index < -0.39 is 0 Å². The predicted molar refractivity (Wildman–Crippen MR) is 87.7 cm³/mol. The van der Waals surface area contributed by atoms with Crippen molar-refractivity contribution in [2.45, 2.75) is 45.1 Å². The molecule has 3 heterocycles. The molecule has 2 aliphatic rings. The van der Waals surface area contributed by atoms with Crippen LogP contribution >= 0.6 is 0 Å². The summed E-state index contributed by atoms with van der Waals surface area (Å²) in [5.41, 5.74) is 1.32.